The number of carbonyl (C=O) groups is 2. The number of amides is 1. The molecule has 0 bridgehead atoms. The minimum atomic E-state index is -0.632. The first-order chi connectivity index (χ1) is 10.9. The summed E-state index contributed by atoms with van der Waals surface area (Å²) in [6.07, 6.45) is 1.35. The molecule has 0 fully saturated rings. The number of aryl methyl sites for hydroxylation is 1. The number of benzene rings is 1. The summed E-state index contributed by atoms with van der Waals surface area (Å²) in [5.41, 5.74) is 1.12. The highest BCUT2D eigenvalue weighted by Gasteiger charge is 2.16. The number of methoxy groups -OCH3 is 1. The number of halogens is 1. The van der Waals surface area contributed by atoms with Gasteiger partial charge in [-0.15, -0.1) is 0 Å². The van der Waals surface area contributed by atoms with Crippen LogP contribution in [0.15, 0.2) is 24.3 Å². The molecule has 0 saturated carbocycles. The van der Waals surface area contributed by atoms with Crippen LogP contribution in [0.3, 0.4) is 0 Å². The molecule has 0 radical (unpaired) electrons. The van der Waals surface area contributed by atoms with Gasteiger partial charge in [-0.05, 0) is 37.5 Å². The minimum Gasteiger partial charge on any atom is -0.469 e. The van der Waals surface area contributed by atoms with E-state index in [4.69, 9.17) is 11.6 Å². The molecule has 128 valence electrons. The highest BCUT2D eigenvalue weighted by atomic mass is 35.5. The predicted octanol–water partition coefficient (Wildman–Crippen LogP) is 2.44. The van der Waals surface area contributed by atoms with Crippen molar-refractivity contribution in [1.29, 1.82) is 0 Å². The van der Waals surface area contributed by atoms with Crippen LogP contribution in [0.25, 0.3) is 0 Å². The van der Waals surface area contributed by atoms with Crippen molar-refractivity contribution in [1.82, 2.24) is 4.90 Å². The number of hydrogen-bond donors (Lipinski definition) is 1. The Morgan fingerprint density at radius 3 is 2.48 bits per heavy atom. The average molecular weight is 342 g/mol. The molecule has 1 unspecified atom stereocenters. The lowest BCUT2D eigenvalue weighted by atomic mass is 10.1. The van der Waals surface area contributed by atoms with Crippen LogP contribution in [0.2, 0.25) is 5.02 Å². The highest BCUT2D eigenvalue weighted by Crippen LogP contribution is 2.12. The first-order valence-electron chi connectivity index (χ1n) is 7.69. The van der Waals surface area contributed by atoms with E-state index in [9.17, 15) is 14.7 Å². The molecule has 0 saturated heterocycles. The van der Waals surface area contributed by atoms with Crippen LogP contribution in [0, 0.1) is 0 Å². The monoisotopic (exact) mass is 341 g/mol. The van der Waals surface area contributed by atoms with Crippen molar-refractivity contribution < 1.29 is 19.4 Å². The zero-order chi connectivity index (χ0) is 17.2. The molecule has 5 nitrogen and oxygen atoms in total. The number of ether oxygens (including phenoxy) is 1. The van der Waals surface area contributed by atoms with Crippen LogP contribution >= 0.6 is 11.6 Å². The van der Waals surface area contributed by atoms with Crippen molar-refractivity contribution in [3.05, 3.63) is 34.9 Å². The molecule has 1 N–H and O–H groups in total. The van der Waals surface area contributed by atoms with Gasteiger partial charge in [-0.1, -0.05) is 23.7 Å². The molecule has 0 aliphatic heterocycles. The fraction of sp³-hybridized carbons (Fsp3) is 0.529. The molecule has 0 heterocycles. The van der Waals surface area contributed by atoms with Crippen molar-refractivity contribution in [2.45, 2.75) is 38.7 Å². The SMILES string of the molecule is COC(=O)CCN(CC(C)O)C(=O)CCCc1ccc(Cl)cc1. The Labute approximate surface area is 142 Å². The number of hydrogen-bond acceptors (Lipinski definition) is 4. The number of carbonyl (C=O) groups excluding carboxylic acids is 2. The lowest BCUT2D eigenvalue weighted by molar-refractivity contribution is -0.142. The third kappa shape index (κ3) is 8.00. The van der Waals surface area contributed by atoms with E-state index in [2.05, 4.69) is 4.74 Å². The van der Waals surface area contributed by atoms with Crippen molar-refractivity contribution in [2.75, 3.05) is 20.2 Å². The molecule has 1 aromatic carbocycles. The summed E-state index contributed by atoms with van der Waals surface area (Å²) < 4.78 is 4.58. The molecule has 0 aromatic heterocycles. The summed E-state index contributed by atoms with van der Waals surface area (Å²) in [7, 11) is 1.31. The molecular formula is C17H24ClNO4. The minimum absolute atomic E-state index is 0.0660. The Bertz CT molecular complexity index is 502. The van der Waals surface area contributed by atoms with Gasteiger partial charge < -0.3 is 14.7 Å². The molecule has 23 heavy (non-hydrogen) atoms. The maximum atomic E-state index is 12.3. The van der Waals surface area contributed by atoms with Crippen molar-refractivity contribution in [3.8, 4) is 0 Å². The molecule has 0 aliphatic carbocycles. The Morgan fingerprint density at radius 2 is 1.91 bits per heavy atom. The standard InChI is InChI=1S/C17H24ClNO4/c1-13(20)12-19(11-10-17(22)23-2)16(21)5-3-4-14-6-8-15(18)9-7-14/h6-9,13,20H,3-5,10-12H2,1-2H3. The summed E-state index contributed by atoms with van der Waals surface area (Å²) in [6, 6.07) is 7.54. The number of aliphatic hydroxyl groups excluding tert-OH is 1. The van der Waals surface area contributed by atoms with E-state index in [0.717, 1.165) is 12.0 Å². The van der Waals surface area contributed by atoms with E-state index < -0.39 is 6.10 Å². The maximum Gasteiger partial charge on any atom is 0.307 e. The van der Waals surface area contributed by atoms with Gasteiger partial charge in [0.15, 0.2) is 0 Å². The van der Waals surface area contributed by atoms with Gasteiger partial charge in [0.05, 0.1) is 19.6 Å². The second kappa shape index (κ2) is 10.2. The summed E-state index contributed by atoms with van der Waals surface area (Å²) in [5, 5.41) is 10.2. The Morgan fingerprint density at radius 1 is 1.26 bits per heavy atom. The Kier molecular flexibility index (Phi) is 8.66. The summed E-state index contributed by atoms with van der Waals surface area (Å²) in [5.74, 6) is -0.432. The zero-order valence-corrected chi connectivity index (χ0v) is 14.4. The smallest absolute Gasteiger partial charge is 0.307 e. The maximum absolute atomic E-state index is 12.3. The summed E-state index contributed by atoms with van der Waals surface area (Å²) >= 11 is 5.84. The molecule has 1 atom stereocenters. The molecule has 6 heteroatoms. The molecule has 0 aliphatic rings. The molecule has 1 aromatic rings. The van der Waals surface area contributed by atoms with Crippen LogP contribution in [-0.2, 0) is 20.7 Å². The van der Waals surface area contributed by atoms with E-state index in [-0.39, 0.29) is 31.4 Å². The lowest BCUT2D eigenvalue weighted by Gasteiger charge is -2.23. The third-order valence-corrected chi connectivity index (χ3v) is 3.67. The summed E-state index contributed by atoms with van der Waals surface area (Å²) in [4.78, 5) is 25.0. The van der Waals surface area contributed by atoms with Crippen LogP contribution in [0.1, 0.15) is 31.7 Å². The largest absolute Gasteiger partial charge is 0.469 e. The third-order valence-electron chi connectivity index (χ3n) is 3.42. The number of rotatable bonds is 9. The Balaban J connectivity index is 2.45. The van der Waals surface area contributed by atoms with Crippen LogP contribution < -0.4 is 0 Å². The van der Waals surface area contributed by atoms with Gasteiger partial charge in [0.25, 0.3) is 0 Å². The zero-order valence-electron chi connectivity index (χ0n) is 13.6. The van der Waals surface area contributed by atoms with E-state index in [1.165, 1.54) is 12.0 Å². The number of aliphatic hydroxyl groups is 1. The van der Waals surface area contributed by atoms with Crippen molar-refractivity contribution in [3.63, 3.8) is 0 Å². The van der Waals surface area contributed by atoms with Crippen molar-refractivity contribution in [2.24, 2.45) is 0 Å². The molecular weight excluding hydrogens is 318 g/mol. The lowest BCUT2D eigenvalue weighted by Crippen LogP contribution is -2.38. The van der Waals surface area contributed by atoms with Crippen molar-refractivity contribution >= 4 is 23.5 Å². The van der Waals surface area contributed by atoms with E-state index in [1.807, 2.05) is 24.3 Å². The van der Waals surface area contributed by atoms with Gasteiger partial charge >= 0.3 is 5.97 Å². The fourth-order valence-electron chi connectivity index (χ4n) is 2.22. The van der Waals surface area contributed by atoms with E-state index in [1.54, 1.807) is 6.92 Å². The second-order valence-electron chi connectivity index (χ2n) is 5.49. The Hall–Kier alpha value is -1.59. The normalized spacial score (nSPS) is 11.8. The van der Waals surface area contributed by atoms with E-state index >= 15 is 0 Å². The van der Waals surface area contributed by atoms with Gasteiger partial charge in [0.2, 0.25) is 5.91 Å². The first kappa shape index (κ1) is 19.5. The fourth-order valence-corrected chi connectivity index (χ4v) is 2.34. The van der Waals surface area contributed by atoms with E-state index in [0.29, 0.717) is 17.9 Å². The number of esters is 1. The van der Waals surface area contributed by atoms with Crippen LogP contribution in [0.4, 0.5) is 0 Å². The van der Waals surface area contributed by atoms with Gasteiger partial charge in [-0.2, -0.15) is 0 Å². The highest BCUT2D eigenvalue weighted by molar-refractivity contribution is 6.30. The van der Waals surface area contributed by atoms with Crippen LogP contribution in [-0.4, -0.2) is 48.2 Å². The first-order valence-corrected chi connectivity index (χ1v) is 8.07. The second-order valence-corrected chi connectivity index (χ2v) is 5.93. The van der Waals surface area contributed by atoms with Gasteiger partial charge in [-0.25, -0.2) is 0 Å². The molecule has 1 rings (SSSR count). The van der Waals surface area contributed by atoms with Gasteiger partial charge in [0.1, 0.15) is 0 Å². The van der Waals surface area contributed by atoms with Crippen LogP contribution in [0.5, 0.6) is 0 Å². The molecule has 0 spiro atoms. The average Bonchev–Trinajstić information content (AvgIpc) is 2.52. The number of nitrogens with zero attached hydrogens (tertiary/aromatic N) is 1. The topological polar surface area (TPSA) is 66.8 Å². The van der Waals surface area contributed by atoms with Gasteiger partial charge in [0, 0.05) is 24.5 Å². The van der Waals surface area contributed by atoms with Gasteiger partial charge in [-0.3, -0.25) is 9.59 Å². The quantitative estimate of drug-likeness (QED) is 0.700. The molecule has 1 amide bonds. The predicted molar refractivity (Wildman–Crippen MR) is 89.3 cm³/mol. The summed E-state index contributed by atoms with van der Waals surface area (Å²) in [6.45, 7) is 2.10.